The van der Waals surface area contributed by atoms with Crippen LogP contribution in [0.3, 0.4) is 0 Å². The molecule has 3 nitrogen and oxygen atoms in total. The summed E-state index contributed by atoms with van der Waals surface area (Å²) in [5.74, 6) is 1.19. The van der Waals surface area contributed by atoms with Crippen LogP contribution in [0.15, 0.2) is 0 Å². The minimum Gasteiger partial charge on any atom is -0.378 e. The molecule has 1 aliphatic heterocycles. The van der Waals surface area contributed by atoms with E-state index in [4.69, 9.17) is 9.72 Å². The Morgan fingerprint density at radius 2 is 2.10 bits per heavy atom. The highest BCUT2D eigenvalue weighted by Crippen LogP contribution is 2.45. The lowest BCUT2D eigenvalue weighted by Crippen LogP contribution is -2.21. The fraction of sp³-hybridized carbons (Fsp3) is 0.800. The van der Waals surface area contributed by atoms with Gasteiger partial charge in [0, 0.05) is 40.8 Å². The van der Waals surface area contributed by atoms with Gasteiger partial charge in [-0.3, -0.25) is 0 Å². The molecule has 3 rings (SSSR count). The monoisotopic (exact) mass is 344 g/mol. The second-order valence-electron chi connectivity index (χ2n) is 5.88. The van der Waals surface area contributed by atoms with Crippen LogP contribution in [0.5, 0.6) is 0 Å². The molecule has 2 aliphatic rings. The van der Waals surface area contributed by atoms with Gasteiger partial charge < -0.3 is 10.1 Å². The number of nitrogens with zero attached hydrogens (tertiary/aromatic N) is 1. The van der Waals surface area contributed by atoms with Crippen LogP contribution in [0.1, 0.15) is 47.5 Å². The Bertz CT molecular complexity index is 475. The third kappa shape index (κ3) is 4.16. The highest BCUT2D eigenvalue weighted by molar-refractivity contribution is 8.07. The normalized spacial score (nSPS) is 29.8. The Morgan fingerprint density at radius 3 is 2.76 bits per heavy atom. The molecule has 1 aliphatic carbocycles. The summed E-state index contributed by atoms with van der Waals surface area (Å²) in [5.41, 5.74) is 1.14. The molecule has 2 fully saturated rings. The van der Waals surface area contributed by atoms with E-state index >= 15 is 0 Å². The first kappa shape index (κ1) is 16.1. The molecule has 1 aromatic rings. The van der Waals surface area contributed by atoms with E-state index in [0.717, 1.165) is 23.5 Å². The third-order valence-electron chi connectivity index (χ3n) is 4.03. The summed E-state index contributed by atoms with van der Waals surface area (Å²) in [6.45, 7) is 6.27. The quantitative estimate of drug-likeness (QED) is 0.848. The van der Waals surface area contributed by atoms with Crippen molar-refractivity contribution in [1.29, 1.82) is 0 Å². The molecular weight excluding hydrogens is 320 g/mol. The van der Waals surface area contributed by atoms with E-state index in [9.17, 15) is 0 Å². The van der Waals surface area contributed by atoms with Gasteiger partial charge in [-0.05, 0) is 12.8 Å². The smallest absolute Gasteiger partial charge is 0.107 e. The van der Waals surface area contributed by atoms with Crippen molar-refractivity contribution in [3.63, 3.8) is 0 Å². The van der Waals surface area contributed by atoms with Gasteiger partial charge in [-0.2, -0.15) is 11.8 Å². The van der Waals surface area contributed by atoms with E-state index in [-0.39, 0.29) is 0 Å². The average Bonchev–Trinajstić information content (AvgIpc) is 3.21. The minimum atomic E-state index is 0.552. The lowest BCUT2D eigenvalue weighted by atomic mass is 10.3. The van der Waals surface area contributed by atoms with Crippen molar-refractivity contribution in [3.8, 4) is 0 Å². The van der Waals surface area contributed by atoms with E-state index in [1.54, 1.807) is 7.11 Å². The topological polar surface area (TPSA) is 34.1 Å². The predicted molar refractivity (Wildman–Crippen MR) is 94.4 cm³/mol. The second kappa shape index (κ2) is 7.21. The van der Waals surface area contributed by atoms with Crippen LogP contribution >= 0.6 is 34.9 Å². The Balaban J connectivity index is 1.70. The number of aromatic nitrogens is 1. The Morgan fingerprint density at radius 1 is 1.29 bits per heavy atom. The molecular formula is C15H24N2OS3. The molecule has 3 unspecified atom stereocenters. The zero-order valence-corrected chi connectivity index (χ0v) is 15.4. The number of rotatable bonds is 6. The number of nitrogens with one attached hydrogen (secondary N) is 1. The highest BCUT2D eigenvalue weighted by atomic mass is 32.2. The summed E-state index contributed by atoms with van der Waals surface area (Å²) >= 11 is 6.07. The lowest BCUT2D eigenvalue weighted by molar-refractivity contribution is 0.181. The van der Waals surface area contributed by atoms with Crippen molar-refractivity contribution in [2.24, 2.45) is 0 Å². The molecule has 0 bridgehead atoms. The molecule has 1 N–H and O–H groups in total. The van der Waals surface area contributed by atoms with E-state index in [1.807, 2.05) is 11.3 Å². The predicted octanol–water partition coefficient (Wildman–Crippen LogP) is 3.84. The average molecular weight is 345 g/mol. The molecule has 0 spiro atoms. The van der Waals surface area contributed by atoms with Crippen LogP contribution in [0.25, 0.3) is 0 Å². The standard InChI is InChI=1S/C15H24N2OS3/c1-9-10(2)20-14(8-19-9)15-17-12(7-18-3)13(21-15)6-16-11-4-5-11/h9-11,14,16H,4-8H2,1-3H3. The zero-order valence-electron chi connectivity index (χ0n) is 12.9. The summed E-state index contributed by atoms with van der Waals surface area (Å²) in [5, 5.41) is 6.91. The van der Waals surface area contributed by atoms with E-state index in [2.05, 4.69) is 42.7 Å². The Hall–Kier alpha value is 0.250. The number of methoxy groups -OCH3 is 1. The molecule has 21 heavy (non-hydrogen) atoms. The van der Waals surface area contributed by atoms with Gasteiger partial charge in [-0.1, -0.05) is 13.8 Å². The van der Waals surface area contributed by atoms with Crippen molar-refractivity contribution < 1.29 is 4.74 Å². The van der Waals surface area contributed by atoms with Gasteiger partial charge in [0.05, 0.1) is 17.6 Å². The Labute approximate surface area is 140 Å². The summed E-state index contributed by atoms with van der Waals surface area (Å²) in [4.78, 5) is 6.27. The van der Waals surface area contributed by atoms with Gasteiger partial charge in [0.25, 0.3) is 0 Å². The van der Waals surface area contributed by atoms with Gasteiger partial charge in [0.15, 0.2) is 0 Å². The van der Waals surface area contributed by atoms with E-state index in [1.165, 1.54) is 28.5 Å². The van der Waals surface area contributed by atoms with Crippen LogP contribution < -0.4 is 5.32 Å². The molecule has 2 heterocycles. The summed E-state index contributed by atoms with van der Waals surface area (Å²) in [6.07, 6.45) is 2.66. The maximum absolute atomic E-state index is 5.33. The first-order valence-electron chi connectivity index (χ1n) is 7.65. The molecule has 1 aromatic heterocycles. The summed E-state index contributed by atoms with van der Waals surface area (Å²) in [6, 6.07) is 0.742. The zero-order chi connectivity index (χ0) is 14.8. The first-order valence-corrected chi connectivity index (χ1v) is 10.5. The van der Waals surface area contributed by atoms with Crippen LogP contribution in [0.4, 0.5) is 0 Å². The van der Waals surface area contributed by atoms with Gasteiger partial charge in [-0.15, -0.1) is 23.1 Å². The fourth-order valence-electron chi connectivity index (χ4n) is 2.37. The SMILES string of the molecule is COCc1nc(C2CSC(C)C(C)S2)sc1CNC1CC1. The lowest BCUT2D eigenvalue weighted by Gasteiger charge is -2.30. The van der Waals surface area contributed by atoms with Crippen LogP contribution in [-0.2, 0) is 17.9 Å². The third-order valence-corrected chi connectivity index (χ3v) is 8.79. The molecule has 0 aromatic carbocycles. The molecule has 1 saturated carbocycles. The number of hydrogen-bond acceptors (Lipinski definition) is 6. The molecule has 6 heteroatoms. The van der Waals surface area contributed by atoms with Crippen molar-refractivity contribution >= 4 is 34.9 Å². The number of thiazole rings is 1. The maximum atomic E-state index is 5.33. The number of hydrogen-bond donors (Lipinski definition) is 1. The van der Waals surface area contributed by atoms with Gasteiger partial charge in [-0.25, -0.2) is 4.98 Å². The minimum absolute atomic E-state index is 0.552. The Kier molecular flexibility index (Phi) is 5.54. The first-order chi connectivity index (χ1) is 10.2. The summed E-state index contributed by atoms with van der Waals surface area (Å²) < 4.78 is 5.33. The largest absolute Gasteiger partial charge is 0.378 e. The van der Waals surface area contributed by atoms with Crippen molar-refractivity contribution in [1.82, 2.24) is 10.3 Å². The van der Waals surface area contributed by atoms with Gasteiger partial charge >= 0.3 is 0 Å². The number of ether oxygens (including phenoxy) is 1. The number of thioether (sulfide) groups is 2. The summed E-state index contributed by atoms with van der Waals surface area (Å²) in [7, 11) is 1.76. The van der Waals surface area contributed by atoms with Crippen LogP contribution in [-0.4, -0.2) is 34.4 Å². The van der Waals surface area contributed by atoms with Crippen molar-refractivity contribution in [2.75, 3.05) is 12.9 Å². The van der Waals surface area contributed by atoms with Crippen LogP contribution in [0, 0.1) is 0 Å². The van der Waals surface area contributed by atoms with Crippen molar-refractivity contribution in [3.05, 3.63) is 15.6 Å². The molecule has 3 atom stereocenters. The molecule has 0 amide bonds. The van der Waals surface area contributed by atoms with Gasteiger partial charge in [0.1, 0.15) is 5.01 Å². The van der Waals surface area contributed by atoms with Crippen LogP contribution in [0.2, 0.25) is 0 Å². The maximum Gasteiger partial charge on any atom is 0.107 e. The molecule has 118 valence electrons. The second-order valence-corrected chi connectivity index (χ2v) is 9.99. The van der Waals surface area contributed by atoms with E-state index < -0.39 is 0 Å². The molecule has 0 radical (unpaired) electrons. The fourth-order valence-corrected chi connectivity index (χ4v) is 6.58. The van der Waals surface area contributed by atoms with Crippen molar-refractivity contribution in [2.45, 2.75) is 61.6 Å². The highest BCUT2D eigenvalue weighted by Gasteiger charge is 2.30. The molecule has 1 saturated heterocycles. The van der Waals surface area contributed by atoms with E-state index in [0.29, 0.717) is 17.1 Å². The van der Waals surface area contributed by atoms with Gasteiger partial charge in [0.2, 0.25) is 0 Å².